The van der Waals surface area contributed by atoms with Gasteiger partial charge in [-0.3, -0.25) is 9.59 Å². The molecule has 6 heteroatoms. The number of rotatable bonds is 6. The summed E-state index contributed by atoms with van der Waals surface area (Å²) >= 11 is 0. The first-order valence-corrected chi connectivity index (χ1v) is 10.1. The summed E-state index contributed by atoms with van der Waals surface area (Å²) in [5.41, 5.74) is 2.27. The largest absolute Gasteiger partial charge is 0.507 e. The van der Waals surface area contributed by atoms with Crippen molar-refractivity contribution in [2.45, 2.75) is 26.4 Å². The van der Waals surface area contributed by atoms with Crippen LogP contribution < -0.4 is 4.74 Å². The van der Waals surface area contributed by atoms with Gasteiger partial charge >= 0.3 is 0 Å². The van der Waals surface area contributed by atoms with E-state index < -0.39 is 17.7 Å². The first kappa shape index (κ1) is 20.5. The number of carbonyl (C=O) groups is 2. The number of aryl methyl sites for hydroxylation is 1. The average molecular weight is 417 g/mol. The topological polar surface area (TPSA) is 80.0 Å². The Hall–Kier alpha value is -3.80. The highest BCUT2D eigenvalue weighted by molar-refractivity contribution is 6.46. The standard InChI is InChI=1S/C25H23NO5/c1-3-30-19-12-10-17(11-13-19)22-21(23(27)18-8-6-16(2)7-9-18)24(28)25(29)26(22)15-20-5-4-14-31-20/h4-14,22,27H,3,15H2,1-2H3/b23-21+/t22-/m0/s1. The first-order chi connectivity index (χ1) is 15.0. The summed E-state index contributed by atoms with van der Waals surface area (Å²) in [5, 5.41) is 11.0. The van der Waals surface area contributed by atoms with Crippen molar-refractivity contribution in [3.05, 3.63) is 95.0 Å². The molecule has 0 spiro atoms. The highest BCUT2D eigenvalue weighted by atomic mass is 16.5. The number of furan rings is 1. The number of hydrogen-bond donors (Lipinski definition) is 1. The van der Waals surface area contributed by atoms with Crippen LogP contribution in [0.25, 0.3) is 5.76 Å². The minimum atomic E-state index is -0.748. The molecule has 31 heavy (non-hydrogen) atoms. The molecule has 1 aromatic heterocycles. The van der Waals surface area contributed by atoms with Crippen LogP contribution in [0.15, 0.2) is 76.9 Å². The van der Waals surface area contributed by atoms with Gasteiger partial charge in [-0.15, -0.1) is 0 Å². The van der Waals surface area contributed by atoms with Crippen LogP contribution in [0.3, 0.4) is 0 Å². The molecular formula is C25H23NO5. The van der Waals surface area contributed by atoms with E-state index in [1.165, 1.54) is 11.2 Å². The van der Waals surface area contributed by atoms with E-state index >= 15 is 0 Å². The number of aliphatic hydroxyl groups excluding tert-OH is 1. The second kappa shape index (κ2) is 8.52. The van der Waals surface area contributed by atoms with Crippen molar-refractivity contribution in [1.82, 2.24) is 4.90 Å². The normalized spacial score (nSPS) is 17.9. The van der Waals surface area contributed by atoms with Crippen LogP contribution in [0.2, 0.25) is 0 Å². The van der Waals surface area contributed by atoms with Gasteiger partial charge in [-0.25, -0.2) is 0 Å². The molecule has 1 atom stereocenters. The molecule has 0 bridgehead atoms. The van der Waals surface area contributed by atoms with E-state index in [-0.39, 0.29) is 17.9 Å². The number of benzene rings is 2. The predicted molar refractivity (Wildman–Crippen MR) is 115 cm³/mol. The van der Waals surface area contributed by atoms with Crippen LogP contribution in [0.5, 0.6) is 5.75 Å². The van der Waals surface area contributed by atoms with Crippen molar-refractivity contribution in [1.29, 1.82) is 0 Å². The van der Waals surface area contributed by atoms with Gasteiger partial charge in [0.2, 0.25) is 0 Å². The van der Waals surface area contributed by atoms with E-state index in [1.54, 1.807) is 48.5 Å². The average Bonchev–Trinajstić information content (AvgIpc) is 3.37. The molecule has 2 aromatic carbocycles. The minimum absolute atomic E-state index is 0.0598. The van der Waals surface area contributed by atoms with Crippen molar-refractivity contribution in [3.8, 4) is 5.75 Å². The third-order valence-electron chi connectivity index (χ3n) is 5.28. The molecule has 1 saturated heterocycles. The van der Waals surface area contributed by atoms with E-state index in [2.05, 4.69) is 0 Å². The second-order valence-corrected chi connectivity index (χ2v) is 7.37. The summed E-state index contributed by atoms with van der Waals surface area (Å²) in [7, 11) is 0. The van der Waals surface area contributed by atoms with E-state index in [9.17, 15) is 14.7 Å². The Kier molecular flexibility index (Phi) is 5.62. The maximum absolute atomic E-state index is 13.0. The molecule has 3 aromatic rings. The van der Waals surface area contributed by atoms with Crippen LogP contribution in [0.4, 0.5) is 0 Å². The number of aliphatic hydroxyl groups is 1. The number of hydrogen-bond acceptors (Lipinski definition) is 5. The van der Waals surface area contributed by atoms with Gasteiger partial charge in [-0.05, 0) is 43.7 Å². The lowest BCUT2D eigenvalue weighted by molar-refractivity contribution is -0.140. The molecule has 1 aliphatic rings. The number of likely N-dealkylation sites (tertiary alicyclic amines) is 1. The van der Waals surface area contributed by atoms with E-state index in [0.717, 1.165) is 5.56 Å². The molecule has 1 fully saturated rings. The quantitative estimate of drug-likeness (QED) is 0.360. The molecular weight excluding hydrogens is 394 g/mol. The Balaban J connectivity index is 1.82. The number of amides is 1. The molecule has 1 aliphatic heterocycles. The monoisotopic (exact) mass is 417 g/mol. The number of Topliss-reactive ketones (excluding diaryl/α,β-unsaturated/α-hetero) is 1. The fourth-order valence-electron chi connectivity index (χ4n) is 3.74. The van der Waals surface area contributed by atoms with Gasteiger partial charge in [-0.2, -0.15) is 0 Å². The summed E-state index contributed by atoms with van der Waals surface area (Å²) in [6, 6.07) is 17.1. The highest BCUT2D eigenvalue weighted by Crippen LogP contribution is 2.40. The summed E-state index contributed by atoms with van der Waals surface area (Å²) in [6.07, 6.45) is 1.52. The maximum Gasteiger partial charge on any atom is 0.296 e. The van der Waals surface area contributed by atoms with Gasteiger partial charge in [0.05, 0.1) is 31.0 Å². The van der Waals surface area contributed by atoms with Crippen molar-refractivity contribution >= 4 is 17.4 Å². The zero-order valence-electron chi connectivity index (χ0n) is 17.4. The zero-order chi connectivity index (χ0) is 22.0. The molecule has 0 saturated carbocycles. The molecule has 6 nitrogen and oxygen atoms in total. The minimum Gasteiger partial charge on any atom is -0.507 e. The molecule has 1 amide bonds. The number of carbonyl (C=O) groups excluding carboxylic acids is 2. The van der Waals surface area contributed by atoms with Crippen molar-refractivity contribution in [3.63, 3.8) is 0 Å². The second-order valence-electron chi connectivity index (χ2n) is 7.37. The van der Waals surface area contributed by atoms with Crippen molar-refractivity contribution in [2.24, 2.45) is 0 Å². The van der Waals surface area contributed by atoms with Crippen LogP contribution in [-0.4, -0.2) is 28.3 Å². The van der Waals surface area contributed by atoms with Gasteiger partial charge in [0, 0.05) is 5.56 Å². The Labute approximate surface area is 180 Å². The highest BCUT2D eigenvalue weighted by Gasteiger charge is 2.46. The molecule has 158 valence electrons. The lowest BCUT2D eigenvalue weighted by Gasteiger charge is -2.24. The van der Waals surface area contributed by atoms with Crippen LogP contribution in [0, 0.1) is 6.92 Å². The van der Waals surface area contributed by atoms with Crippen molar-refractivity contribution < 1.29 is 23.8 Å². The Bertz CT molecular complexity index is 1110. The Morgan fingerprint density at radius 1 is 1.06 bits per heavy atom. The predicted octanol–water partition coefficient (Wildman–Crippen LogP) is 4.61. The summed E-state index contributed by atoms with van der Waals surface area (Å²) < 4.78 is 10.9. The molecule has 2 heterocycles. The smallest absolute Gasteiger partial charge is 0.296 e. The van der Waals surface area contributed by atoms with Crippen LogP contribution >= 0.6 is 0 Å². The first-order valence-electron chi connectivity index (χ1n) is 10.1. The summed E-state index contributed by atoms with van der Waals surface area (Å²) in [5.74, 6) is -0.354. The Morgan fingerprint density at radius 3 is 2.39 bits per heavy atom. The third kappa shape index (κ3) is 3.97. The molecule has 1 N–H and O–H groups in total. The van der Waals surface area contributed by atoms with Crippen LogP contribution in [0.1, 0.15) is 35.4 Å². The van der Waals surface area contributed by atoms with Crippen LogP contribution in [-0.2, 0) is 16.1 Å². The van der Waals surface area contributed by atoms with E-state index in [0.29, 0.717) is 29.2 Å². The fraction of sp³-hybridized carbons (Fsp3) is 0.200. The van der Waals surface area contributed by atoms with Gasteiger partial charge in [0.15, 0.2) is 0 Å². The number of ether oxygens (including phenoxy) is 1. The van der Waals surface area contributed by atoms with Gasteiger partial charge < -0.3 is 19.2 Å². The third-order valence-corrected chi connectivity index (χ3v) is 5.28. The molecule has 0 aliphatic carbocycles. The lowest BCUT2D eigenvalue weighted by Crippen LogP contribution is -2.29. The molecule has 0 radical (unpaired) electrons. The maximum atomic E-state index is 13.0. The SMILES string of the molecule is CCOc1ccc([C@H]2/C(=C(\O)c3ccc(C)cc3)C(=O)C(=O)N2Cc2ccco2)cc1. The Morgan fingerprint density at radius 2 is 1.77 bits per heavy atom. The van der Waals surface area contributed by atoms with Crippen molar-refractivity contribution in [2.75, 3.05) is 6.61 Å². The van der Waals surface area contributed by atoms with Gasteiger partial charge in [-0.1, -0.05) is 42.0 Å². The van der Waals surface area contributed by atoms with Gasteiger partial charge in [0.25, 0.3) is 11.7 Å². The number of nitrogens with zero attached hydrogens (tertiary/aromatic N) is 1. The molecule has 4 rings (SSSR count). The zero-order valence-corrected chi connectivity index (χ0v) is 17.4. The number of ketones is 1. The molecule has 0 unspecified atom stereocenters. The lowest BCUT2D eigenvalue weighted by atomic mass is 9.95. The summed E-state index contributed by atoms with van der Waals surface area (Å²) in [6.45, 7) is 4.48. The van der Waals surface area contributed by atoms with E-state index in [1.807, 2.05) is 26.0 Å². The van der Waals surface area contributed by atoms with Gasteiger partial charge in [0.1, 0.15) is 17.3 Å². The summed E-state index contributed by atoms with van der Waals surface area (Å²) in [4.78, 5) is 27.4. The fourth-order valence-corrected chi connectivity index (χ4v) is 3.74. The van der Waals surface area contributed by atoms with E-state index in [4.69, 9.17) is 9.15 Å².